The number of carbonyl (C=O) groups excluding carboxylic acids is 1. The molecule has 1 aromatic heterocycles. The van der Waals surface area contributed by atoms with Crippen LogP contribution in [-0.2, 0) is 0 Å². The van der Waals surface area contributed by atoms with Crippen molar-refractivity contribution in [1.29, 1.82) is 0 Å². The van der Waals surface area contributed by atoms with Gasteiger partial charge in [0.15, 0.2) is 11.4 Å². The fourth-order valence-electron chi connectivity index (χ4n) is 2.24. The van der Waals surface area contributed by atoms with Crippen LogP contribution in [0.1, 0.15) is 21.5 Å². The predicted molar refractivity (Wildman–Crippen MR) is 85.0 cm³/mol. The molecule has 2 aromatic carbocycles. The number of benzene rings is 2. The van der Waals surface area contributed by atoms with E-state index in [4.69, 9.17) is 4.42 Å². The highest BCUT2D eigenvalue weighted by atomic mass is 32.2. The molecule has 0 amide bonds. The van der Waals surface area contributed by atoms with E-state index in [0.717, 1.165) is 27.8 Å². The molecule has 0 N–H and O–H groups in total. The Balaban J connectivity index is 1.73. The van der Waals surface area contributed by atoms with Gasteiger partial charge in [-0.2, -0.15) is 0 Å². The van der Waals surface area contributed by atoms with E-state index in [1.165, 1.54) is 11.8 Å². The second-order valence-electron chi connectivity index (χ2n) is 4.98. The Morgan fingerprint density at radius 2 is 2.00 bits per heavy atom. The minimum absolute atomic E-state index is 0.0970. The molecule has 106 valence electrons. The third-order valence-corrected chi connectivity index (χ3v) is 4.11. The maximum absolute atomic E-state index is 12.3. The molecule has 0 aliphatic carbocycles. The zero-order valence-corrected chi connectivity index (χ0v) is 12.7. The number of Topliss-reactive ketones (excluding diaryl/α,β-unsaturated/α-hetero) is 1. The molecule has 3 nitrogen and oxygen atoms in total. The van der Waals surface area contributed by atoms with Crippen molar-refractivity contribution in [3.05, 3.63) is 59.2 Å². The maximum Gasteiger partial charge on any atom is 0.257 e. The summed E-state index contributed by atoms with van der Waals surface area (Å²) in [6.45, 7) is 3.98. The van der Waals surface area contributed by atoms with E-state index >= 15 is 0 Å². The molecule has 0 saturated heterocycles. The molecular weight excluding hydrogens is 282 g/mol. The van der Waals surface area contributed by atoms with Crippen LogP contribution in [0.25, 0.3) is 11.1 Å². The predicted octanol–water partition coefficient (Wildman–Crippen LogP) is 4.42. The number of fused-ring (bicyclic) bond motifs is 1. The van der Waals surface area contributed by atoms with Gasteiger partial charge in [0.1, 0.15) is 5.52 Å². The van der Waals surface area contributed by atoms with Gasteiger partial charge in [-0.25, -0.2) is 4.98 Å². The molecule has 0 unspecified atom stereocenters. The first-order chi connectivity index (χ1) is 10.1. The topological polar surface area (TPSA) is 43.1 Å². The molecule has 4 heteroatoms. The lowest BCUT2D eigenvalue weighted by atomic mass is 10.0. The van der Waals surface area contributed by atoms with Crippen molar-refractivity contribution in [2.45, 2.75) is 19.1 Å². The molecule has 0 fully saturated rings. The average Bonchev–Trinajstić information content (AvgIpc) is 2.87. The summed E-state index contributed by atoms with van der Waals surface area (Å²) in [5.74, 6) is 0.427. The second kappa shape index (κ2) is 5.74. The first-order valence-electron chi connectivity index (χ1n) is 6.72. The van der Waals surface area contributed by atoms with Crippen LogP contribution in [0.5, 0.6) is 0 Å². The first-order valence-corrected chi connectivity index (χ1v) is 7.71. The number of nitrogens with zero attached hydrogens (tertiary/aromatic N) is 1. The quantitative estimate of drug-likeness (QED) is 0.528. The monoisotopic (exact) mass is 297 g/mol. The van der Waals surface area contributed by atoms with Gasteiger partial charge in [0, 0.05) is 5.56 Å². The smallest absolute Gasteiger partial charge is 0.257 e. The number of thioether (sulfide) groups is 1. The number of aromatic nitrogens is 1. The van der Waals surface area contributed by atoms with Gasteiger partial charge in [-0.3, -0.25) is 4.79 Å². The van der Waals surface area contributed by atoms with E-state index in [0.29, 0.717) is 11.0 Å². The van der Waals surface area contributed by atoms with Gasteiger partial charge in [0.05, 0.1) is 5.75 Å². The van der Waals surface area contributed by atoms with Gasteiger partial charge in [0.2, 0.25) is 0 Å². The van der Waals surface area contributed by atoms with Crippen molar-refractivity contribution in [1.82, 2.24) is 4.98 Å². The lowest BCUT2D eigenvalue weighted by molar-refractivity contribution is 0.102. The highest BCUT2D eigenvalue weighted by molar-refractivity contribution is 7.99. The van der Waals surface area contributed by atoms with Crippen LogP contribution in [-0.4, -0.2) is 16.5 Å². The standard InChI is InChI=1S/C17H15NO2S/c1-11-7-8-13(12(2)9-11)15(19)10-21-17-18-14-5-3-4-6-16(14)20-17/h3-9H,10H2,1-2H3. The van der Waals surface area contributed by atoms with Crippen molar-refractivity contribution >= 4 is 28.6 Å². The Morgan fingerprint density at radius 3 is 2.76 bits per heavy atom. The van der Waals surface area contributed by atoms with E-state index in [1.54, 1.807) is 0 Å². The lowest BCUT2D eigenvalue weighted by Gasteiger charge is -2.04. The van der Waals surface area contributed by atoms with Crippen LogP contribution >= 0.6 is 11.8 Å². The second-order valence-corrected chi connectivity index (χ2v) is 5.90. The number of para-hydroxylation sites is 2. The maximum atomic E-state index is 12.3. The molecule has 0 saturated carbocycles. The van der Waals surface area contributed by atoms with Crippen molar-refractivity contribution < 1.29 is 9.21 Å². The Hall–Kier alpha value is -2.07. The molecule has 1 heterocycles. The number of oxazole rings is 1. The van der Waals surface area contributed by atoms with Crippen molar-refractivity contribution in [3.63, 3.8) is 0 Å². The third-order valence-electron chi connectivity index (χ3n) is 3.28. The fraction of sp³-hybridized carbons (Fsp3) is 0.176. The normalized spacial score (nSPS) is 11.0. The van der Waals surface area contributed by atoms with Crippen molar-refractivity contribution in [2.75, 3.05) is 5.75 Å². The summed E-state index contributed by atoms with van der Waals surface area (Å²) in [6.07, 6.45) is 0. The lowest BCUT2D eigenvalue weighted by Crippen LogP contribution is -2.04. The highest BCUT2D eigenvalue weighted by Crippen LogP contribution is 2.24. The number of hydrogen-bond donors (Lipinski definition) is 0. The Kier molecular flexibility index (Phi) is 3.80. The summed E-state index contributed by atoms with van der Waals surface area (Å²) in [6, 6.07) is 13.5. The van der Waals surface area contributed by atoms with Crippen LogP contribution in [0.15, 0.2) is 52.1 Å². The van der Waals surface area contributed by atoms with Crippen LogP contribution in [0.4, 0.5) is 0 Å². The van der Waals surface area contributed by atoms with E-state index in [2.05, 4.69) is 4.98 Å². The van der Waals surface area contributed by atoms with E-state index in [-0.39, 0.29) is 5.78 Å². The SMILES string of the molecule is Cc1ccc(C(=O)CSc2nc3ccccc3o2)c(C)c1. The molecule has 0 aliphatic heterocycles. The van der Waals surface area contributed by atoms with Gasteiger partial charge >= 0.3 is 0 Å². The van der Waals surface area contributed by atoms with E-state index < -0.39 is 0 Å². The van der Waals surface area contributed by atoms with Gasteiger partial charge in [0.25, 0.3) is 5.22 Å². The molecular formula is C17H15NO2S. The Morgan fingerprint density at radius 1 is 1.19 bits per heavy atom. The summed E-state index contributed by atoms with van der Waals surface area (Å²) in [7, 11) is 0. The molecule has 0 spiro atoms. The van der Waals surface area contributed by atoms with Gasteiger partial charge in [-0.1, -0.05) is 47.7 Å². The third kappa shape index (κ3) is 3.00. The summed E-state index contributed by atoms with van der Waals surface area (Å²) < 4.78 is 5.60. The van der Waals surface area contributed by atoms with Crippen LogP contribution in [0.2, 0.25) is 0 Å². The van der Waals surface area contributed by atoms with Gasteiger partial charge < -0.3 is 4.42 Å². The van der Waals surface area contributed by atoms with Gasteiger partial charge in [-0.05, 0) is 31.5 Å². The van der Waals surface area contributed by atoms with E-state index in [1.807, 2.05) is 56.3 Å². The molecule has 21 heavy (non-hydrogen) atoms. The number of aryl methyl sites for hydroxylation is 2. The number of carbonyl (C=O) groups is 1. The zero-order valence-electron chi connectivity index (χ0n) is 11.9. The minimum Gasteiger partial charge on any atom is -0.431 e. The number of ketones is 1. The van der Waals surface area contributed by atoms with Crippen molar-refractivity contribution in [2.24, 2.45) is 0 Å². The zero-order chi connectivity index (χ0) is 14.8. The van der Waals surface area contributed by atoms with Crippen LogP contribution in [0, 0.1) is 13.8 Å². The average molecular weight is 297 g/mol. The molecule has 0 bridgehead atoms. The largest absolute Gasteiger partial charge is 0.431 e. The van der Waals surface area contributed by atoms with Crippen molar-refractivity contribution in [3.8, 4) is 0 Å². The highest BCUT2D eigenvalue weighted by Gasteiger charge is 2.12. The van der Waals surface area contributed by atoms with Crippen LogP contribution < -0.4 is 0 Å². The summed E-state index contributed by atoms with van der Waals surface area (Å²) in [4.78, 5) is 16.6. The molecule has 3 aromatic rings. The fourth-order valence-corrected chi connectivity index (χ4v) is 2.97. The first kappa shape index (κ1) is 13.9. The van der Waals surface area contributed by atoms with Gasteiger partial charge in [-0.15, -0.1) is 0 Å². The van der Waals surface area contributed by atoms with E-state index in [9.17, 15) is 4.79 Å². The van der Waals surface area contributed by atoms with Crippen LogP contribution in [0.3, 0.4) is 0 Å². The summed E-state index contributed by atoms with van der Waals surface area (Å²) >= 11 is 1.33. The Bertz CT molecular complexity index is 774. The number of hydrogen-bond acceptors (Lipinski definition) is 4. The molecule has 0 atom stereocenters. The number of rotatable bonds is 4. The molecule has 3 rings (SSSR count). The summed E-state index contributed by atoms with van der Waals surface area (Å²) in [5.41, 5.74) is 4.51. The molecule has 0 aliphatic rings. The summed E-state index contributed by atoms with van der Waals surface area (Å²) in [5, 5.41) is 0.536. The minimum atomic E-state index is 0.0970. The Labute approximate surface area is 127 Å². The molecule has 0 radical (unpaired) electrons.